The third-order valence-electron chi connectivity index (χ3n) is 2.65. The molecule has 0 spiro atoms. The second kappa shape index (κ2) is 4.07. The summed E-state index contributed by atoms with van der Waals surface area (Å²) in [5.74, 6) is 0.0156. The topological polar surface area (TPSA) is 66.6 Å². The van der Waals surface area contributed by atoms with Gasteiger partial charge in [0.25, 0.3) is 0 Å². The van der Waals surface area contributed by atoms with E-state index in [9.17, 15) is 9.90 Å². The lowest BCUT2D eigenvalue weighted by molar-refractivity contribution is -0.127. The summed E-state index contributed by atoms with van der Waals surface area (Å²) in [7, 11) is 0. The van der Waals surface area contributed by atoms with Gasteiger partial charge in [-0.25, -0.2) is 0 Å². The van der Waals surface area contributed by atoms with Crippen molar-refractivity contribution >= 4 is 5.91 Å². The molecule has 1 amide bonds. The van der Waals surface area contributed by atoms with Crippen molar-refractivity contribution in [2.45, 2.75) is 32.4 Å². The maximum atomic E-state index is 10.6. The van der Waals surface area contributed by atoms with Gasteiger partial charge in [-0.3, -0.25) is 9.69 Å². The van der Waals surface area contributed by atoms with Gasteiger partial charge in [-0.05, 0) is 19.3 Å². The predicted molar refractivity (Wildman–Crippen MR) is 50.0 cm³/mol. The molecule has 3 atom stereocenters. The Bertz CT molecular complexity index is 196. The van der Waals surface area contributed by atoms with Crippen LogP contribution in [0.25, 0.3) is 0 Å². The number of nitrogens with two attached hydrogens (primary N) is 1. The maximum Gasteiger partial charge on any atom is 0.247 e. The Labute approximate surface area is 78.7 Å². The Hall–Kier alpha value is -0.610. The summed E-state index contributed by atoms with van der Waals surface area (Å²) in [4.78, 5) is 12.7. The first kappa shape index (κ1) is 10.5. The molecule has 0 bridgehead atoms. The largest absolute Gasteiger partial charge is 0.382 e. The van der Waals surface area contributed by atoms with Gasteiger partial charge in [0.1, 0.15) is 6.10 Å². The quantitative estimate of drug-likeness (QED) is 0.628. The van der Waals surface area contributed by atoms with Crippen LogP contribution in [0.15, 0.2) is 0 Å². The van der Waals surface area contributed by atoms with Gasteiger partial charge in [-0.1, -0.05) is 6.92 Å². The number of hydrogen-bond acceptors (Lipinski definition) is 3. The molecule has 0 radical (unpaired) electrons. The van der Waals surface area contributed by atoms with E-state index in [4.69, 9.17) is 5.73 Å². The van der Waals surface area contributed by atoms with Crippen LogP contribution in [0.5, 0.6) is 0 Å². The molecule has 1 rings (SSSR count). The molecule has 1 fully saturated rings. The molecule has 1 heterocycles. The summed E-state index contributed by atoms with van der Waals surface area (Å²) in [6.45, 7) is 5.61. The zero-order valence-corrected chi connectivity index (χ0v) is 8.23. The Morgan fingerprint density at radius 1 is 1.69 bits per heavy atom. The second-order valence-corrected chi connectivity index (χ2v) is 4.06. The van der Waals surface area contributed by atoms with Crippen LogP contribution in [0.2, 0.25) is 0 Å². The average molecular weight is 186 g/mol. The summed E-state index contributed by atoms with van der Waals surface area (Å²) in [5, 5.41) is 9.27. The van der Waals surface area contributed by atoms with E-state index < -0.39 is 12.0 Å². The number of carbonyl (C=O) groups is 1. The van der Waals surface area contributed by atoms with Crippen molar-refractivity contribution in [1.82, 2.24) is 4.90 Å². The number of hydrogen-bond donors (Lipinski definition) is 2. The van der Waals surface area contributed by atoms with Gasteiger partial charge in [0.15, 0.2) is 0 Å². The number of amides is 1. The van der Waals surface area contributed by atoms with E-state index in [1.807, 2.05) is 0 Å². The van der Waals surface area contributed by atoms with Crippen molar-refractivity contribution in [1.29, 1.82) is 0 Å². The third-order valence-corrected chi connectivity index (χ3v) is 2.65. The lowest BCUT2D eigenvalue weighted by Crippen LogP contribution is -2.41. The number of β-amino-alcohol motifs (C(OH)–C–C–N with tert-alkyl or cyclic N) is 1. The maximum absolute atomic E-state index is 10.6. The van der Waals surface area contributed by atoms with Crippen molar-refractivity contribution in [3.63, 3.8) is 0 Å². The van der Waals surface area contributed by atoms with Gasteiger partial charge in [0.2, 0.25) is 5.91 Å². The van der Waals surface area contributed by atoms with Crippen LogP contribution >= 0.6 is 0 Å². The van der Waals surface area contributed by atoms with Gasteiger partial charge in [-0.15, -0.1) is 0 Å². The number of carbonyl (C=O) groups excluding carboxylic acids is 1. The molecule has 0 aromatic rings. The number of nitrogens with zero attached hydrogens (tertiary/aromatic N) is 1. The van der Waals surface area contributed by atoms with Crippen LogP contribution < -0.4 is 5.73 Å². The Morgan fingerprint density at radius 2 is 2.31 bits per heavy atom. The van der Waals surface area contributed by atoms with Crippen LogP contribution in [0, 0.1) is 5.92 Å². The van der Waals surface area contributed by atoms with E-state index in [1.165, 1.54) is 0 Å². The van der Waals surface area contributed by atoms with Crippen molar-refractivity contribution in [3.8, 4) is 0 Å². The summed E-state index contributed by atoms with van der Waals surface area (Å²) in [6.07, 6.45) is 0.110. The molecule has 0 saturated carbocycles. The fourth-order valence-corrected chi connectivity index (χ4v) is 1.95. The Balaban J connectivity index is 2.41. The average Bonchev–Trinajstić information content (AvgIpc) is 2.30. The minimum atomic E-state index is -1.02. The first-order valence-corrected chi connectivity index (χ1v) is 4.72. The number of primary amides is 1. The van der Waals surface area contributed by atoms with E-state index >= 15 is 0 Å². The van der Waals surface area contributed by atoms with Crippen molar-refractivity contribution in [2.75, 3.05) is 13.1 Å². The second-order valence-electron chi connectivity index (χ2n) is 4.06. The van der Waals surface area contributed by atoms with Gasteiger partial charge in [-0.2, -0.15) is 0 Å². The fraction of sp³-hybridized carbons (Fsp3) is 0.889. The number of likely N-dealkylation sites (tertiary alicyclic amines) is 1. The normalized spacial score (nSPS) is 31.9. The van der Waals surface area contributed by atoms with Crippen LogP contribution in [0.3, 0.4) is 0 Å². The number of rotatable bonds is 3. The standard InChI is InChI=1S/C9H18N2O2/c1-6-3-7(2)11(4-6)5-8(12)9(10)13/h6-8,12H,3-5H2,1-2H3,(H2,10,13). The van der Waals surface area contributed by atoms with E-state index in [0.29, 0.717) is 18.5 Å². The van der Waals surface area contributed by atoms with Gasteiger partial charge in [0, 0.05) is 19.1 Å². The molecule has 1 saturated heterocycles. The lowest BCUT2D eigenvalue weighted by Gasteiger charge is -2.22. The highest BCUT2D eigenvalue weighted by atomic mass is 16.3. The molecular weight excluding hydrogens is 168 g/mol. The third kappa shape index (κ3) is 2.67. The van der Waals surface area contributed by atoms with Crippen molar-refractivity contribution in [2.24, 2.45) is 11.7 Å². The van der Waals surface area contributed by atoms with Crippen LogP contribution in [0.1, 0.15) is 20.3 Å². The first-order chi connectivity index (χ1) is 6.00. The SMILES string of the molecule is CC1CC(C)N(CC(O)C(N)=O)C1. The van der Waals surface area contributed by atoms with E-state index in [0.717, 1.165) is 13.0 Å². The number of aliphatic hydroxyl groups excluding tert-OH is 1. The summed E-state index contributed by atoms with van der Waals surface area (Å²) < 4.78 is 0. The monoisotopic (exact) mass is 186 g/mol. The van der Waals surface area contributed by atoms with Crippen LogP contribution in [0.4, 0.5) is 0 Å². The van der Waals surface area contributed by atoms with Gasteiger partial charge >= 0.3 is 0 Å². The lowest BCUT2D eigenvalue weighted by atomic mass is 10.1. The predicted octanol–water partition coefficient (Wildman–Crippen LogP) is -0.437. The van der Waals surface area contributed by atoms with Crippen LogP contribution in [-0.2, 0) is 4.79 Å². The fourth-order valence-electron chi connectivity index (χ4n) is 1.95. The minimum Gasteiger partial charge on any atom is -0.382 e. The Morgan fingerprint density at radius 3 is 2.69 bits per heavy atom. The molecule has 3 N–H and O–H groups in total. The molecule has 1 aliphatic heterocycles. The van der Waals surface area contributed by atoms with E-state index in [-0.39, 0.29) is 0 Å². The molecule has 0 aliphatic carbocycles. The molecule has 76 valence electrons. The molecule has 0 aromatic carbocycles. The molecule has 1 aliphatic rings. The molecular formula is C9H18N2O2. The zero-order valence-electron chi connectivity index (χ0n) is 8.23. The van der Waals surface area contributed by atoms with Crippen molar-refractivity contribution in [3.05, 3.63) is 0 Å². The van der Waals surface area contributed by atoms with E-state index in [1.54, 1.807) is 0 Å². The van der Waals surface area contributed by atoms with Gasteiger partial charge in [0.05, 0.1) is 0 Å². The van der Waals surface area contributed by atoms with Crippen LogP contribution in [-0.4, -0.2) is 41.1 Å². The van der Waals surface area contributed by atoms with Gasteiger partial charge < -0.3 is 10.8 Å². The highest BCUT2D eigenvalue weighted by Crippen LogP contribution is 2.21. The van der Waals surface area contributed by atoms with E-state index in [2.05, 4.69) is 18.7 Å². The van der Waals surface area contributed by atoms with Crippen molar-refractivity contribution < 1.29 is 9.90 Å². The summed E-state index contributed by atoms with van der Waals surface area (Å²) >= 11 is 0. The Kier molecular flexibility index (Phi) is 3.27. The molecule has 4 nitrogen and oxygen atoms in total. The highest BCUT2D eigenvalue weighted by molar-refractivity contribution is 5.78. The minimum absolute atomic E-state index is 0.376. The number of aliphatic hydroxyl groups is 1. The zero-order chi connectivity index (χ0) is 10.0. The molecule has 13 heavy (non-hydrogen) atoms. The summed E-state index contributed by atoms with van der Waals surface area (Å²) in [6, 6.07) is 0.448. The first-order valence-electron chi connectivity index (χ1n) is 4.72. The molecule has 4 heteroatoms. The molecule has 3 unspecified atom stereocenters. The smallest absolute Gasteiger partial charge is 0.247 e. The highest BCUT2D eigenvalue weighted by Gasteiger charge is 2.28. The molecule has 0 aromatic heterocycles. The summed E-state index contributed by atoms with van der Waals surface area (Å²) in [5.41, 5.74) is 4.98.